The number of nitrogens with zero attached hydrogens (tertiary/aromatic N) is 2. The molecular weight excluding hydrogens is 328 g/mol. The molecule has 1 heterocycles. The highest BCUT2D eigenvalue weighted by Gasteiger charge is 2.37. The first-order valence-electron chi connectivity index (χ1n) is 8.26. The van der Waals surface area contributed by atoms with Crippen molar-refractivity contribution in [2.75, 3.05) is 33.9 Å². The SMILES string of the molecule is CCN1CC(C)N(S(=O)(=O)c2cc(COC)ccc2OC)CC1C. The quantitative estimate of drug-likeness (QED) is 0.780. The van der Waals surface area contributed by atoms with Gasteiger partial charge in [-0.05, 0) is 38.1 Å². The molecule has 1 saturated heterocycles. The first-order chi connectivity index (χ1) is 11.3. The maximum atomic E-state index is 13.3. The Morgan fingerprint density at radius 3 is 2.46 bits per heavy atom. The summed E-state index contributed by atoms with van der Waals surface area (Å²) in [5.74, 6) is 0.368. The van der Waals surface area contributed by atoms with Crippen molar-refractivity contribution in [1.82, 2.24) is 9.21 Å². The molecule has 0 saturated carbocycles. The molecule has 6 nitrogen and oxygen atoms in total. The molecule has 1 aromatic carbocycles. The van der Waals surface area contributed by atoms with Crippen LogP contribution in [0.4, 0.5) is 0 Å². The summed E-state index contributed by atoms with van der Waals surface area (Å²) in [7, 11) is -0.552. The summed E-state index contributed by atoms with van der Waals surface area (Å²) in [6, 6.07) is 5.28. The van der Waals surface area contributed by atoms with Gasteiger partial charge in [-0.15, -0.1) is 0 Å². The van der Waals surface area contributed by atoms with Gasteiger partial charge in [-0.25, -0.2) is 8.42 Å². The van der Waals surface area contributed by atoms with Crippen LogP contribution in [0.1, 0.15) is 26.3 Å². The fourth-order valence-electron chi connectivity index (χ4n) is 3.25. The maximum Gasteiger partial charge on any atom is 0.247 e. The van der Waals surface area contributed by atoms with E-state index in [1.165, 1.54) is 7.11 Å². The number of rotatable bonds is 6. The zero-order valence-electron chi connectivity index (χ0n) is 15.2. The number of hydrogen-bond acceptors (Lipinski definition) is 5. The van der Waals surface area contributed by atoms with E-state index in [9.17, 15) is 8.42 Å². The van der Waals surface area contributed by atoms with E-state index in [1.54, 1.807) is 23.5 Å². The molecule has 24 heavy (non-hydrogen) atoms. The van der Waals surface area contributed by atoms with Crippen LogP contribution >= 0.6 is 0 Å². The Hall–Kier alpha value is -1.15. The van der Waals surface area contributed by atoms with Crippen molar-refractivity contribution >= 4 is 10.0 Å². The first kappa shape index (κ1) is 19.2. The summed E-state index contributed by atoms with van der Waals surface area (Å²) < 4.78 is 38.5. The lowest BCUT2D eigenvalue weighted by Gasteiger charge is -2.42. The van der Waals surface area contributed by atoms with Gasteiger partial charge in [0, 0.05) is 32.3 Å². The first-order valence-corrected chi connectivity index (χ1v) is 9.70. The predicted molar refractivity (Wildman–Crippen MR) is 93.8 cm³/mol. The Kier molecular flexibility index (Phi) is 6.25. The minimum atomic E-state index is -3.63. The van der Waals surface area contributed by atoms with E-state index in [4.69, 9.17) is 9.47 Å². The normalized spacial score (nSPS) is 23.4. The molecule has 0 N–H and O–H groups in total. The largest absolute Gasteiger partial charge is 0.495 e. The summed E-state index contributed by atoms with van der Waals surface area (Å²) in [5, 5.41) is 0. The van der Waals surface area contributed by atoms with Crippen molar-refractivity contribution in [2.45, 2.75) is 44.4 Å². The van der Waals surface area contributed by atoms with Gasteiger partial charge in [0.25, 0.3) is 0 Å². The number of sulfonamides is 1. The zero-order chi connectivity index (χ0) is 17.9. The molecule has 0 aromatic heterocycles. The molecule has 0 radical (unpaired) electrons. The fourth-order valence-corrected chi connectivity index (χ4v) is 5.16. The molecule has 1 aliphatic rings. The van der Waals surface area contributed by atoms with Gasteiger partial charge in [-0.1, -0.05) is 13.0 Å². The zero-order valence-corrected chi connectivity index (χ0v) is 16.0. The molecular formula is C17H28N2O4S. The number of methoxy groups -OCH3 is 2. The lowest BCUT2D eigenvalue weighted by atomic mass is 10.1. The summed E-state index contributed by atoms with van der Waals surface area (Å²) in [6.07, 6.45) is 0. The Balaban J connectivity index is 2.41. The monoisotopic (exact) mass is 356 g/mol. The number of hydrogen-bond donors (Lipinski definition) is 0. The Morgan fingerprint density at radius 2 is 1.88 bits per heavy atom. The summed E-state index contributed by atoms with van der Waals surface area (Å²) in [5.41, 5.74) is 0.810. The summed E-state index contributed by atoms with van der Waals surface area (Å²) in [4.78, 5) is 2.51. The van der Waals surface area contributed by atoms with Crippen molar-refractivity contribution in [2.24, 2.45) is 0 Å². The van der Waals surface area contributed by atoms with E-state index in [0.717, 1.165) is 18.7 Å². The molecule has 136 valence electrons. The lowest BCUT2D eigenvalue weighted by molar-refractivity contribution is 0.0980. The lowest BCUT2D eigenvalue weighted by Crippen LogP contribution is -2.57. The van der Waals surface area contributed by atoms with Crippen LogP contribution in [0.15, 0.2) is 23.1 Å². The van der Waals surface area contributed by atoms with Crippen LogP contribution in [0, 0.1) is 0 Å². The molecule has 1 aliphatic heterocycles. The average molecular weight is 356 g/mol. The summed E-state index contributed by atoms with van der Waals surface area (Å²) in [6.45, 7) is 8.62. The third-order valence-corrected chi connectivity index (χ3v) is 6.59. The third-order valence-electron chi connectivity index (χ3n) is 4.59. The van der Waals surface area contributed by atoms with Gasteiger partial charge in [0.05, 0.1) is 13.7 Å². The van der Waals surface area contributed by atoms with E-state index in [0.29, 0.717) is 18.9 Å². The van der Waals surface area contributed by atoms with E-state index in [-0.39, 0.29) is 17.0 Å². The van der Waals surface area contributed by atoms with Crippen LogP contribution in [-0.2, 0) is 21.4 Å². The number of ether oxygens (including phenoxy) is 2. The van der Waals surface area contributed by atoms with Gasteiger partial charge in [-0.3, -0.25) is 4.90 Å². The Bertz CT molecular complexity index is 663. The van der Waals surface area contributed by atoms with E-state index in [2.05, 4.69) is 18.7 Å². The maximum absolute atomic E-state index is 13.3. The van der Waals surface area contributed by atoms with Gasteiger partial charge in [0.2, 0.25) is 10.0 Å². The number of benzene rings is 1. The van der Waals surface area contributed by atoms with E-state index < -0.39 is 10.0 Å². The molecule has 2 rings (SSSR count). The molecule has 0 bridgehead atoms. The van der Waals surface area contributed by atoms with Crippen molar-refractivity contribution < 1.29 is 17.9 Å². The van der Waals surface area contributed by atoms with Crippen LogP contribution < -0.4 is 4.74 Å². The van der Waals surface area contributed by atoms with Crippen molar-refractivity contribution in [3.63, 3.8) is 0 Å². The third kappa shape index (κ3) is 3.74. The van der Waals surface area contributed by atoms with Gasteiger partial charge in [0.15, 0.2) is 0 Å². The molecule has 1 fully saturated rings. The molecule has 1 aromatic rings. The second-order valence-corrected chi connectivity index (χ2v) is 8.14. The Morgan fingerprint density at radius 1 is 1.17 bits per heavy atom. The second kappa shape index (κ2) is 7.82. The van der Waals surface area contributed by atoms with Crippen LogP contribution in [0.3, 0.4) is 0 Å². The topological polar surface area (TPSA) is 59.1 Å². The van der Waals surface area contributed by atoms with Gasteiger partial charge >= 0.3 is 0 Å². The molecule has 2 atom stereocenters. The molecule has 0 aliphatic carbocycles. The second-order valence-electron chi connectivity index (χ2n) is 6.28. The summed E-state index contributed by atoms with van der Waals surface area (Å²) >= 11 is 0. The van der Waals surface area contributed by atoms with Crippen LogP contribution in [0.25, 0.3) is 0 Å². The van der Waals surface area contributed by atoms with Crippen LogP contribution in [0.5, 0.6) is 5.75 Å². The van der Waals surface area contributed by atoms with Gasteiger partial charge < -0.3 is 9.47 Å². The standard InChI is InChI=1S/C17H28N2O4S/c1-6-18-10-14(3)19(11-13(18)2)24(20,21)17-9-15(12-22-4)7-8-16(17)23-5/h7-9,13-14H,6,10-12H2,1-5H3. The highest BCUT2D eigenvalue weighted by atomic mass is 32.2. The highest BCUT2D eigenvalue weighted by molar-refractivity contribution is 7.89. The average Bonchev–Trinajstić information content (AvgIpc) is 2.56. The van der Waals surface area contributed by atoms with Crippen molar-refractivity contribution in [3.8, 4) is 5.75 Å². The minimum Gasteiger partial charge on any atom is -0.495 e. The number of piperazine rings is 1. The highest BCUT2D eigenvalue weighted by Crippen LogP contribution is 2.31. The van der Waals surface area contributed by atoms with Crippen molar-refractivity contribution in [3.05, 3.63) is 23.8 Å². The van der Waals surface area contributed by atoms with E-state index >= 15 is 0 Å². The molecule has 7 heteroatoms. The Labute approximate surface area is 145 Å². The molecule has 0 amide bonds. The van der Waals surface area contributed by atoms with Crippen LogP contribution in [-0.4, -0.2) is 63.6 Å². The number of likely N-dealkylation sites (N-methyl/N-ethyl adjacent to an activating group) is 1. The van der Waals surface area contributed by atoms with Gasteiger partial charge in [0.1, 0.15) is 10.6 Å². The molecule has 2 unspecified atom stereocenters. The fraction of sp³-hybridized carbons (Fsp3) is 0.647. The van der Waals surface area contributed by atoms with Gasteiger partial charge in [-0.2, -0.15) is 4.31 Å². The van der Waals surface area contributed by atoms with Crippen LogP contribution in [0.2, 0.25) is 0 Å². The van der Waals surface area contributed by atoms with Crippen molar-refractivity contribution in [1.29, 1.82) is 0 Å². The predicted octanol–water partition coefficient (Wildman–Crippen LogP) is 1.94. The minimum absolute atomic E-state index is 0.0815. The van der Waals surface area contributed by atoms with E-state index in [1.807, 2.05) is 13.0 Å². The smallest absolute Gasteiger partial charge is 0.247 e. The molecule has 0 spiro atoms.